The van der Waals surface area contributed by atoms with Crippen LogP contribution in [0.3, 0.4) is 0 Å². The maximum absolute atomic E-state index is 14.3. The zero-order valence-corrected chi connectivity index (χ0v) is 16.8. The summed E-state index contributed by atoms with van der Waals surface area (Å²) >= 11 is 0. The molecule has 1 aliphatic rings. The lowest BCUT2D eigenvalue weighted by molar-refractivity contribution is 0.0922. The zero-order valence-electron chi connectivity index (χ0n) is 16.8. The number of carbonyl (C=O) groups excluding carboxylic acids is 1. The maximum Gasteiger partial charge on any atom is 0.289 e. The monoisotopic (exact) mass is 424 g/mol. The molecule has 4 aromatic rings. The molecule has 0 saturated carbocycles. The summed E-state index contributed by atoms with van der Waals surface area (Å²) in [6.07, 6.45) is 2.54. The van der Waals surface area contributed by atoms with E-state index in [1.807, 2.05) is 0 Å². The summed E-state index contributed by atoms with van der Waals surface area (Å²) in [4.78, 5) is 30.8. The van der Waals surface area contributed by atoms with Crippen molar-refractivity contribution >= 4 is 39.3 Å². The smallest absolute Gasteiger partial charge is 0.289 e. The summed E-state index contributed by atoms with van der Waals surface area (Å²) in [5, 5.41) is 10.6. The van der Waals surface area contributed by atoms with Gasteiger partial charge in [-0.3, -0.25) is 4.79 Å². The van der Waals surface area contributed by atoms with E-state index in [0.29, 0.717) is 28.4 Å². The topological polar surface area (TPSA) is 124 Å². The highest BCUT2D eigenvalue weighted by atomic mass is 19.1. The van der Waals surface area contributed by atoms with Crippen LogP contribution in [0.25, 0.3) is 21.9 Å². The van der Waals surface area contributed by atoms with Gasteiger partial charge in [-0.15, -0.1) is 0 Å². The van der Waals surface area contributed by atoms with Gasteiger partial charge in [-0.1, -0.05) is 0 Å². The van der Waals surface area contributed by atoms with Crippen LogP contribution in [-0.2, 0) is 6.54 Å². The second kappa shape index (κ2) is 7.84. The Hall–Kier alpha value is -3.73. The fourth-order valence-corrected chi connectivity index (χ4v) is 3.85. The van der Waals surface area contributed by atoms with Gasteiger partial charge in [0.1, 0.15) is 17.3 Å². The van der Waals surface area contributed by atoms with Gasteiger partial charge in [-0.25, -0.2) is 19.3 Å². The zero-order chi connectivity index (χ0) is 21.4. The minimum Gasteiger partial charge on any atom is -0.438 e. The third-order valence-electron chi connectivity index (χ3n) is 5.30. The second-order valence-corrected chi connectivity index (χ2v) is 7.22. The molecule has 1 aromatic carbocycles. The van der Waals surface area contributed by atoms with E-state index in [4.69, 9.17) is 9.40 Å². The number of piperazine rings is 1. The van der Waals surface area contributed by atoms with E-state index < -0.39 is 5.91 Å². The fourth-order valence-electron chi connectivity index (χ4n) is 3.85. The van der Waals surface area contributed by atoms with Gasteiger partial charge in [0.2, 0.25) is 5.76 Å². The molecule has 160 valence electrons. The van der Waals surface area contributed by atoms with Crippen LogP contribution < -0.4 is 20.9 Å². The van der Waals surface area contributed by atoms with Gasteiger partial charge in [-0.2, -0.15) is 0 Å². The van der Waals surface area contributed by atoms with E-state index >= 15 is 0 Å². The average molecular weight is 424 g/mol. The number of oxazole rings is 1. The predicted molar refractivity (Wildman–Crippen MR) is 114 cm³/mol. The first-order chi connectivity index (χ1) is 15.1. The molecule has 1 aliphatic heterocycles. The van der Waals surface area contributed by atoms with Gasteiger partial charge in [0.25, 0.3) is 5.91 Å². The van der Waals surface area contributed by atoms with Crippen LogP contribution >= 0.6 is 0 Å². The third kappa shape index (κ3) is 3.52. The molecule has 3 aromatic heterocycles. The molecule has 0 atom stereocenters. The number of nitrogens with one attached hydrogen (secondary N) is 4. The second-order valence-electron chi connectivity index (χ2n) is 7.22. The van der Waals surface area contributed by atoms with Crippen molar-refractivity contribution in [3.63, 3.8) is 0 Å². The molecule has 0 bridgehead atoms. The maximum atomic E-state index is 14.3. The van der Waals surface area contributed by atoms with Crippen molar-refractivity contribution in [2.45, 2.75) is 6.54 Å². The van der Waals surface area contributed by atoms with Crippen molar-refractivity contribution in [1.29, 1.82) is 0 Å². The molecule has 0 unspecified atom stereocenters. The number of amides is 1. The van der Waals surface area contributed by atoms with Crippen molar-refractivity contribution in [2.24, 2.45) is 0 Å². The number of hydrogen-bond acceptors (Lipinski definition) is 8. The Morgan fingerprint density at radius 2 is 2.13 bits per heavy atom. The van der Waals surface area contributed by atoms with Crippen molar-refractivity contribution in [3.8, 4) is 0 Å². The SMILES string of the molecule is CNc1cc(F)cc2c1[nH]c1nc(CNC(=O)c3cnco3)nc(N3CCNCC3)c12. The van der Waals surface area contributed by atoms with E-state index in [1.165, 1.54) is 24.7 Å². The molecule has 11 heteroatoms. The van der Waals surface area contributed by atoms with Gasteiger partial charge in [-0.05, 0) is 12.1 Å². The molecule has 4 N–H and O–H groups in total. The van der Waals surface area contributed by atoms with Gasteiger partial charge in [0.05, 0.1) is 29.3 Å². The summed E-state index contributed by atoms with van der Waals surface area (Å²) in [5.41, 5.74) is 1.98. The highest BCUT2D eigenvalue weighted by Gasteiger charge is 2.22. The molecule has 31 heavy (non-hydrogen) atoms. The normalized spacial score (nSPS) is 14.3. The first kappa shape index (κ1) is 19.2. The van der Waals surface area contributed by atoms with Crippen LogP contribution in [0, 0.1) is 5.82 Å². The Morgan fingerprint density at radius 3 is 2.87 bits per heavy atom. The lowest BCUT2D eigenvalue weighted by atomic mass is 10.1. The molecule has 0 aliphatic carbocycles. The molecule has 1 saturated heterocycles. The lowest BCUT2D eigenvalue weighted by Gasteiger charge is -2.29. The number of anilines is 2. The lowest BCUT2D eigenvalue weighted by Crippen LogP contribution is -2.44. The average Bonchev–Trinajstić information content (AvgIpc) is 3.45. The number of aromatic amines is 1. The Balaban J connectivity index is 1.60. The van der Waals surface area contributed by atoms with Gasteiger partial charge in [0, 0.05) is 38.6 Å². The first-order valence-electron chi connectivity index (χ1n) is 9.96. The number of aromatic nitrogens is 4. The highest BCUT2D eigenvalue weighted by molar-refractivity contribution is 6.14. The number of carbonyl (C=O) groups is 1. The van der Waals surface area contributed by atoms with Gasteiger partial charge < -0.3 is 30.3 Å². The third-order valence-corrected chi connectivity index (χ3v) is 5.30. The molecule has 5 rings (SSSR count). The van der Waals surface area contributed by atoms with Crippen LogP contribution in [0.15, 0.2) is 29.1 Å². The number of benzene rings is 1. The van der Waals surface area contributed by atoms with Crippen LogP contribution in [0.5, 0.6) is 0 Å². The summed E-state index contributed by atoms with van der Waals surface area (Å²) in [7, 11) is 1.74. The first-order valence-corrected chi connectivity index (χ1v) is 9.96. The molecular weight excluding hydrogens is 403 g/mol. The summed E-state index contributed by atoms with van der Waals surface area (Å²) < 4.78 is 19.3. The molecule has 1 amide bonds. The number of fused-ring (bicyclic) bond motifs is 3. The van der Waals surface area contributed by atoms with E-state index in [9.17, 15) is 9.18 Å². The molecule has 0 radical (unpaired) electrons. The quantitative estimate of drug-likeness (QED) is 0.381. The molecule has 1 fully saturated rings. The van der Waals surface area contributed by atoms with E-state index in [0.717, 1.165) is 37.1 Å². The van der Waals surface area contributed by atoms with Crippen LogP contribution in [0.2, 0.25) is 0 Å². The highest BCUT2D eigenvalue weighted by Crippen LogP contribution is 2.35. The van der Waals surface area contributed by atoms with Crippen LogP contribution in [-0.4, -0.2) is 59.1 Å². The van der Waals surface area contributed by atoms with Gasteiger partial charge >= 0.3 is 0 Å². The van der Waals surface area contributed by atoms with Crippen molar-refractivity contribution < 1.29 is 13.6 Å². The molecule has 4 heterocycles. The van der Waals surface area contributed by atoms with Crippen molar-refractivity contribution in [2.75, 3.05) is 43.4 Å². The number of H-pyrrole nitrogens is 1. The largest absolute Gasteiger partial charge is 0.438 e. The van der Waals surface area contributed by atoms with Crippen LogP contribution in [0.1, 0.15) is 16.4 Å². The van der Waals surface area contributed by atoms with Crippen molar-refractivity contribution in [1.82, 2.24) is 30.6 Å². The molecule has 10 nitrogen and oxygen atoms in total. The Labute approximate surface area is 176 Å². The minimum absolute atomic E-state index is 0.108. The predicted octanol–water partition coefficient (Wildman–Crippen LogP) is 1.62. The minimum atomic E-state index is -0.402. The van der Waals surface area contributed by atoms with E-state index in [-0.39, 0.29) is 18.1 Å². The number of hydrogen-bond donors (Lipinski definition) is 4. The Morgan fingerprint density at radius 1 is 1.29 bits per heavy atom. The summed E-state index contributed by atoms with van der Waals surface area (Å²) in [6, 6.07) is 2.93. The Bertz CT molecular complexity index is 1250. The molecular formula is C20H21FN8O2. The molecule has 0 spiro atoms. The summed E-state index contributed by atoms with van der Waals surface area (Å²) in [5.74, 6) is 0.526. The summed E-state index contributed by atoms with van der Waals surface area (Å²) in [6.45, 7) is 3.27. The number of rotatable bonds is 5. The number of halogens is 1. The van der Waals surface area contributed by atoms with E-state index in [2.05, 4.69) is 35.8 Å². The Kier molecular flexibility index (Phi) is 4.86. The number of nitrogens with zero attached hydrogens (tertiary/aromatic N) is 4. The van der Waals surface area contributed by atoms with Crippen LogP contribution in [0.4, 0.5) is 15.9 Å². The van der Waals surface area contributed by atoms with E-state index in [1.54, 1.807) is 7.05 Å². The standard InChI is InChI=1S/C20H21FN8O2/c1-22-13-7-11(21)6-12-16-18(28-17(12)13)26-15(9-25-20(30)14-8-24-10-31-14)27-19(16)29-4-2-23-3-5-29/h6-8,10,22-23H,2-5,9H2,1H3,(H,25,30)(H,26,27,28). The van der Waals surface area contributed by atoms with Crippen molar-refractivity contribution in [3.05, 3.63) is 42.1 Å². The fraction of sp³-hybridized carbons (Fsp3) is 0.300. The van der Waals surface area contributed by atoms with Gasteiger partial charge in [0.15, 0.2) is 12.2 Å².